The molecule has 132 valence electrons. The lowest BCUT2D eigenvalue weighted by Crippen LogP contribution is -2.32. The fourth-order valence-electron chi connectivity index (χ4n) is 4.35. The van der Waals surface area contributed by atoms with Gasteiger partial charge in [0.05, 0.1) is 28.4 Å². The summed E-state index contributed by atoms with van der Waals surface area (Å²) < 4.78 is 22.8. The van der Waals surface area contributed by atoms with E-state index in [1.165, 1.54) is 22.3 Å². The van der Waals surface area contributed by atoms with Crippen molar-refractivity contribution in [2.45, 2.75) is 18.4 Å². The van der Waals surface area contributed by atoms with Gasteiger partial charge in [-0.25, -0.2) is 0 Å². The third-order valence-electron chi connectivity index (χ3n) is 5.38. The van der Waals surface area contributed by atoms with Crippen molar-refractivity contribution >= 4 is 0 Å². The Kier molecular flexibility index (Phi) is 3.96. The molecule has 2 atom stereocenters. The standard InChI is InChI=1S/C20H23NO4/c1-22-14-5-6-15(23-2)18-11(14)9-13-20-17(25-4)8-7-16(24-3)19(20)12(18)10-21-13/h5-8,12-13,21H,9-10H2,1-4H3/t12-,13+/m1/s1. The largest absolute Gasteiger partial charge is 0.496 e. The molecular weight excluding hydrogens is 318 g/mol. The van der Waals surface area contributed by atoms with Gasteiger partial charge in [0, 0.05) is 40.8 Å². The van der Waals surface area contributed by atoms with Gasteiger partial charge in [-0.2, -0.15) is 0 Å². The number of rotatable bonds is 4. The lowest BCUT2D eigenvalue weighted by molar-refractivity contribution is 0.370. The number of ether oxygens (including phenoxy) is 4. The molecule has 0 fully saturated rings. The maximum absolute atomic E-state index is 5.71. The van der Waals surface area contributed by atoms with Crippen LogP contribution < -0.4 is 24.3 Å². The first-order chi connectivity index (χ1) is 12.2. The number of hydrogen-bond donors (Lipinski definition) is 1. The summed E-state index contributed by atoms with van der Waals surface area (Å²) in [5.74, 6) is 3.70. The lowest BCUT2D eigenvalue weighted by Gasteiger charge is -2.32. The van der Waals surface area contributed by atoms with Gasteiger partial charge < -0.3 is 24.3 Å². The second kappa shape index (κ2) is 6.15. The molecule has 5 heteroatoms. The average molecular weight is 341 g/mol. The second-order valence-corrected chi connectivity index (χ2v) is 6.38. The fourth-order valence-corrected chi connectivity index (χ4v) is 4.35. The Morgan fingerprint density at radius 2 is 1.24 bits per heavy atom. The van der Waals surface area contributed by atoms with Gasteiger partial charge in [0.25, 0.3) is 0 Å². The van der Waals surface area contributed by atoms with Crippen LogP contribution in [0.3, 0.4) is 0 Å². The highest BCUT2D eigenvalue weighted by molar-refractivity contribution is 5.64. The Balaban J connectivity index is 2.04. The molecule has 2 aliphatic heterocycles. The molecule has 2 bridgehead atoms. The normalized spacial score (nSPS) is 20.3. The van der Waals surface area contributed by atoms with Crippen LogP contribution in [0.4, 0.5) is 0 Å². The number of hydrogen-bond acceptors (Lipinski definition) is 5. The summed E-state index contributed by atoms with van der Waals surface area (Å²) in [5, 5.41) is 3.67. The van der Waals surface area contributed by atoms with Gasteiger partial charge in [-0.05, 0) is 30.7 Å². The van der Waals surface area contributed by atoms with Crippen LogP contribution in [0.15, 0.2) is 24.3 Å². The summed E-state index contributed by atoms with van der Waals surface area (Å²) in [7, 11) is 6.87. The van der Waals surface area contributed by atoms with E-state index in [-0.39, 0.29) is 12.0 Å². The summed E-state index contributed by atoms with van der Waals surface area (Å²) in [5.41, 5.74) is 4.75. The van der Waals surface area contributed by atoms with E-state index in [1.54, 1.807) is 28.4 Å². The van der Waals surface area contributed by atoms with E-state index >= 15 is 0 Å². The molecule has 0 spiro atoms. The molecule has 0 saturated heterocycles. The second-order valence-electron chi connectivity index (χ2n) is 6.38. The Hall–Kier alpha value is -2.40. The van der Waals surface area contributed by atoms with Crippen molar-refractivity contribution in [2.24, 2.45) is 0 Å². The highest BCUT2D eigenvalue weighted by atomic mass is 16.5. The SMILES string of the molecule is COc1ccc(OC)c2c1C[C@@H]1NC[C@H]2c2c(OC)ccc(OC)c21. The van der Waals surface area contributed by atoms with Crippen LogP contribution in [-0.4, -0.2) is 35.0 Å². The van der Waals surface area contributed by atoms with Crippen LogP contribution in [0.2, 0.25) is 0 Å². The first kappa shape index (κ1) is 16.1. The Labute approximate surface area is 147 Å². The molecular formula is C20H23NO4. The zero-order chi connectivity index (χ0) is 17.6. The minimum absolute atomic E-state index is 0.124. The average Bonchev–Trinajstić information content (AvgIpc) is 2.94. The molecule has 2 heterocycles. The van der Waals surface area contributed by atoms with Crippen molar-refractivity contribution in [3.8, 4) is 23.0 Å². The van der Waals surface area contributed by atoms with Crippen LogP contribution in [0, 0.1) is 0 Å². The van der Waals surface area contributed by atoms with E-state index in [0.717, 1.165) is 36.0 Å². The fraction of sp³-hybridized carbons (Fsp3) is 0.400. The van der Waals surface area contributed by atoms with Gasteiger partial charge in [0.2, 0.25) is 0 Å². The summed E-state index contributed by atoms with van der Waals surface area (Å²) >= 11 is 0. The highest BCUT2D eigenvalue weighted by Crippen LogP contribution is 2.52. The summed E-state index contributed by atoms with van der Waals surface area (Å²) in [6, 6.07) is 8.10. The highest BCUT2D eigenvalue weighted by Gasteiger charge is 2.40. The van der Waals surface area contributed by atoms with Gasteiger partial charge in [-0.1, -0.05) is 0 Å². The monoisotopic (exact) mass is 341 g/mol. The van der Waals surface area contributed by atoms with Crippen LogP contribution >= 0.6 is 0 Å². The van der Waals surface area contributed by atoms with Gasteiger partial charge >= 0.3 is 0 Å². The predicted molar refractivity (Wildman–Crippen MR) is 95.4 cm³/mol. The minimum Gasteiger partial charge on any atom is -0.496 e. The van der Waals surface area contributed by atoms with Crippen molar-refractivity contribution in [3.63, 3.8) is 0 Å². The first-order valence-corrected chi connectivity index (χ1v) is 8.45. The Morgan fingerprint density at radius 1 is 0.720 bits per heavy atom. The van der Waals surface area contributed by atoms with Crippen molar-refractivity contribution in [1.29, 1.82) is 0 Å². The number of methoxy groups -OCH3 is 4. The topological polar surface area (TPSA) is 49.0 Å². The Bertz CT molecular complexity index is 818. The van der Waals surface area contributed by atoms with Crippen LogP contribution in [0.5, 0.6) is 23.0 Å². The molecule has 0 radical (unpaired) electrons. The zero-order valence-corrected chi connectivity index (χ0v) is 15.0. The Morgan fingerprint density at radius 3 is 1.84 bits per heavy atom. The van der Waals surface area contributed by atoms with Crippen molar-refractivity contribution < 1.29 is 18.9 Å². The molecule has 3 aliphatic rings. The molecule has 5 nitrogen and oxygen atoms in total. The van der Waals surface area contributed by atoms with Crippen LogP contribution in [0.25, 0.3) is 0 Å². The molecule has 0 saturated carbocycles. The van der Waals surface area contributed by atoms with E-state index in [0.29, 0.717) is 0 Å². The number of nitrogens with one attached hydrogen (secondary N) is 1. The van der Waals surface area contributed by atoms with Crippen LogP contribution in [0.1, 0.15) is 34.2 Å². The first-order valence-electron chi connectivity index (χ1n) is 8.45. The van der Waals surface area contributed by atoms with Crippen molar-refractivity contribution in [3.05, 3.63) is 46.5 Å². The van der Waals surface area contributed by atoms with E-state index in [4.69, 9.17) is 18.9 Å². The van der Waals surface area contributed by atoms with Gasteiger partial charge in [-0.15, -0.1) is 0 Å². The third kappa shape index (κ3) is 2.26. The quantitative estimate of drug-likeness (QED) is 0.926. The molecule has 25 heavy (non-hydrogen) atoms. The number of benzene rings is 2. The minimum atomic E-state index is 0.124. The molecule has 2 aromatic rings. The summed E-state index contributed by atoms with van der Waals surface area (Å²) in [6.07, 6.45) is 0.822. The summed E-state index contributed by atoms with van der Waals surface area (Å²) in [6.45, 7) is 0.831. The predicted octanol–water partition coefficient (Wildman–Crippen LogP) is 3.05. The maximum atomic E-state index is 5.71. The van der Waals surface area contributed by atoms with Crippen molar-refractivity contribution in [2.75, 3.05) is 35.0 Å². The van der Waals surface area contributed by atoms with Gasteiger partial charge in [0.1, 0.15) is 23.0 Å². The molecule has 0 aromatic heterocycles. The number of fused-ring (bicyclic) bond motifs is 1. The van der Waals surface area contributed by atoms with E-state index in [1.807, 2.05) is 24.3 Å². The third-order valence-corrected chi connectivity index (χ3v) is 5.38. The van der Waals surface area contributed by atoms with E-state index in [2.05, 4.69) is 5.32 Å². The molecule has 0 amide bonds. The zero-order valence-electron chi connectivity index (χ0n) is 15.0. The molecule has 1 aliphatic carbocycles. The summed E-state index contributed by atoms with van der Waals surface area (Å²) in [4.78, 5) is 0. The van der Waals surface area contributed by atoms with Gasteiger partial charge in [-0.3, -0.25) is 0 Å². The lowest BCUT2D eigenvalue weighted by atomic mass is 9.83. The van der Waals surface area contributed by atoms with Gasteiger partial charge in [0.15, 0.2) is 0 Å². The van der Waals surface area contributed by atoms with E-state index in [9.17, 15) is 0 Å². The molecule has 0 unspecified atom stereocenters. The molecule has 2 aromatic carbocycles. The smallest absolute Gasteiger partial charge is 0.124 e. The molecule has 5 rings (SSSR count). The maximum Gasteiger partial charge on any atom is 0.124 e. The van der Waals surface area contributed by atoms with E-state index < -0.39 is 0 Å². The van der Waals surface area contributed by atoms with Crippen molar-refractivity contribution in [1.82, 2.24) is 5.32 Å². The van der Waals surface area contributed by atoms with Crippen LogP contribution in [-0.2, 0) is 6.42 Å². The molecule has 1 N–H and O–H groups in total.